The van der Waals surface area contributed by atoms with E-state index in [9.17, 15) is 9.59 Å². The van der Waals surface area contributed by atoms with Gasteiger partial charge >= 0.3 is 5.76 Å². The lowest BCUT2D eigenvalue weighted by Gasteiger charge is -2.03. The molecule has 2 aromatic carbocycles. The Hall–Kier alpha value is -2.64. The fourth-order valence-corrected chi connectivity index (χ4v) is 3.87. The van der Waals surface area contributed by atoms with Gasteiger partial charge in [-0.2, -0.15) is 0 Å². The van der Waals surface area contributed by atoms with E-state index in [0.29, 0.717) is 21.3 Å². The molecular weight excluding hydrogens is 374 g/mol. The average Bonchev–Trinajstić information content (AvgIpc) is 3.12. The normalized spacial score (nSPS) is 11.3. The van der Waals surface area contributed by atoms with Crippen LogP contribution >= 0.6 is 22.9 Å². The molecule has 2 aromatic heterocycles. The first-order valence-corrected chi connectivity index (χ1v) is 9.15. The number of hydrogen-bond donors (Lipinski definition) is 1. The third-order valence-electron chi connectivity index (χ3n) is 3.98. The van der Waals surface area contributed by atoms with Crippen molar-refractivity contribution in [1.29, 1.82) is 0 Å². The van der Waals surface area contributed by atoms with E-state index in [4.69, 9.17) is 16.0 Å². The highest BCUT2D eigenvalue weighted by atomic mass is 35.5. The van der Waals surface area contributed by atoms with E-state index >= 15 is 0 Å². The molecule has 26 heavy (non-hydrogen) atoms. The van der Waals surface area contributed by atoms with Gasteiger partial charge in [-0.3, -0.25) is 9.36 Å². The quantitative estimate of drug-likeness (QED) is 0.569. The Labute approximate surface area is 157 Å². The van der Waals surface area contributed by atoms with Crippen LogP contribution in [-0.2, 0) is 11.3 Å². The first-order valence-electron chi connectivity index (χ1n) is 7.95. The summed E-state index contributed by atoms with van der Waals surface area (Å²) in [5.41, 5.74) is 3.01. The zero-order valence-electron chi connectivity index (χ0n) is 13.8. The fraction of sp³-hybridized carbons (Fsp3) is 0.167. The number of carbonyl (C=O) groups excluding carboxylic acids is 1. The van der Waals surface area contributed by atoms with E-state index in [1.165, 1.54) is 15.9 Å². The van der Waals surface area contributed by atoms with Gasteiger partial charge in [-0.25, -0.2) is 9.78 Å². The summed E-state index contributed by atoms with van der Waals surface area (Å²) in [5, 5.41) is 3.83. The van der Waals surface area contributed by atoms with Gasteiger partial charge in [0.1, 0.15) is 0 Å². The second-order valence-electron chi connectivity index (χ2n) is 5.92. The SMILES string of the molecule is Cc1ccc2nc(NC(=O)CCn3c(=O)oc4ccc(Cl)cc43)sc2c1. The number of oxazole rings is 1. The largest absolute Gasteiger partial charge is 0.419 e. The summed E-state index contributed by atoms with van der Waals surface area (Å²) in [7, 11) is 0. The van der Waals surface area contributed by atoms with Crippen molar-refractivity contribution in [3.63, 3.8) is 0 Å². The number of nitrogens with one attached hydrogen (secondary N) is 1. The number of fused-ring (bicyclic) bond motifs is 2. The average molecular weight is 388 g/mol. The highest BCUT2D eigenvalue weighted by Crippen LogP contribution is 2.26. The minimum Gasteiger partial charge on any atom is -0.408 e. The number of hydrogen-bond acceptors (Lipinski definition) is 5. The van der Waals surface area contributed by atoms with Crippen LogP contribution in [0.3, 0.4) is 0 Å². The van der Waals surface area contributed by atoms with Crippen molar-refractivity contribution in [3.05, 3.63) is 57.5 Å². The minimum atomic E-state index is -0.509. The molecule has 0 aliphatic carbocycles. The first-order chi connectivity index (χ1) is 12.5. The molecule has 0 atom stereocenters. The summed E-state index contributed by atoms with van der Waals surface area (Å²) in [6.45, 7) is 2.21. The zero-order chi connectivity index (χ0) is 18.3. The monoisotopic (exact) mass is 387 g/mol. The van der Waals surface area contributed by atoms with Crippen LogP contribution < -0.4 is 11.1 Å². The Balaban J connectivity index is 1.49. The van der Waals surface area contributed by atoms with Crippen LogP contribution in [0.5, 0.6) is 0 Å². The van der Waals surface area contributed by atoms with Gasteiger partial charge in [-0.1, -0.05) is 29.0 Å². The van der Waals surface area contributed by atoms with Crippen LogP contribution in [0, 0.1) is 6.92 Å². The fourth-order valence-electron chi connectivity index (χ4n) is 2.73. The number of halogens is 1. The molecule has 2 heterocycles. The summed E-state index contributed by atoms with van der Waals surface area (Å²) in [4.78, 5) is 28.6. The van der Waals surface area contributed by atoms with Gasteiger partial charge in [0.25, 0.3) is 0 Å². The van der Waals surface area contributed by atoms with Crippen molar-refractivity contribution < 1.29 is 9.21 Å². The van der Waals surface area contributed by atoms with Crippen LogP contribution in [0.1, 0.15) is 12.0 Å². The Morgan fingerprint density at radius 1 is 1.31 bits per heavy atom. The lowest BCUT2D eigenvalue weighted by Crippen LogP contribution is -2.19. The van der Waals surface area contributed by atoms with E-state index in [2.05, 4.69) is 10.3 Å². The van der Waals surface area contributed by atoms with Gasteiger partial charge < -0.3 is 9.73 Å². The molecule has 0 spiro atoms. The highest BCUT2D eigenvalue weighted by Gasteiger charge is 2.13. The molecule has 6 nitrogen and oxygen atoms in total. The predicted molar refractivity (Wildman–Crippen MR) is 103 cm³/mol. The number of benzene rings is 2. The lowest BCUT2D eigenvalue weighted by molar-refractivity contribution is -0.116. The Bertz CT molecular complexity index is 1190. The second-order valence-corrected chi connectivity index (χ2v) is 7.39. The maximum Gasteiger partial charge on any atom is 0.419 e. The minimum absolute atomic E-state index is 0.121. The van der Waals surface area contributed by atoms with Crippen LogP contribution in [0.15, 0.2) is 45.6 Å². The molecule has 4 aromatic rings. The molecule has 1 N–H and O–H groups in total. The smallest absolute Gasteiger partial charge is 0.408 e. The van der Waals surface area contributed by atoms with E-state index in [1.807, 2.05) is 25.1 Å². The number of aromatic nitrogens is 2. The van der Waals surface area contributed by atoms with Crippen molar-refractivity contribution in [3.8, 4) is 0 Å². The van der Waals surface area contributed by atoms with E-state index in [-0.39, 0.29) is 18.9 Å². The van der Waals surface area contributed by atoms with Gasteiger partial charge in [-0.15, -0.1) is 0 Å². The molecule has 0 unspecified atom stereocenters. The number of rotatable bonds is 4. The number of amides is 1. The van der Waals surface area contributed by atoms with Crippen LogP contribution in [0.2, 0.25) is 5.02 Å². The number of carbonyl (C=O) groups is 1. The Morgan fingerprint density at radius 2 is 2.15 bits per heavy atom. The second kappa shape index (κ2) is 6.59. The third kappa shape index (κ3) is 3.23. The molecule has 0 saturated heterocycles. The summed E-state index contributed by atoms with van der Waals surface area (Å²) in [5.74, 6) is -0.727. The highest BCUT2D eigenvalue weighted by molar-refractivity contribution is 7.22. The number of nitrogens with zero attached hydrogens (tertiary/aromatic N) is 2. The molecule has 132 valence electrons. The van der Waals surface area contributed by atoms with Gasteiger partial charge in [0.2, 0.25) is 5.91 Å². The van der Waals surface area contributed by atoms with Crippen LogP contribution in [0.25, 0.3) is 21.3 Å². The molecule has 0 bridgehead atoms. The first kappa shape index (κ1) is 16.8. The summed E-state index contributed by atoms with van der Waals surface area (Å²) in [6, 6.07) is 10.9. The Morgan fingerprint density at radius 3 is 3.00 bits per heavy atom. The van der Waals surface area contributed by atoms with Crippen molar-refractivity contribution in [2.45, 2.75) is 19.9 Å². The number of thiazole rings is 1. The maximum atomic E-state index is 12.2. The van der Waals surface area contributed by atoms with Gasteiger partial charge in [0, 0.05) is 18.0 Å². The topological polar surface area (TPSA) is 77.1 Å². The van der Waals surface area contributed by atoms with Crippen LogP contribution in [0.4, 0.5) is 5.13 Å². The molecule has 1 amide bonds. The molecule has 0 saturated carbocycles. The molecular formula is C18H14ClN3O3S. The van der Waals surface area contributed by atoms with Crippen molar-refractivity contribution in [2.24, 2.45) is 0 Å². The molecule has 0 radical (unpaired) electrons. The van der Waals surface area contributed by atoms with Crippen LogP contribution in [-0.4, -0.2) is 15.5 Å². The summed E-state index contributed by atoms with van der Waals surface area (Å²) < 4.78 is 7.59. The molecule has 0 fully saturated rings. The third-order valence-corrected chi connectivity index (χ3v) is 5.15. The Kier molecular flexibility index (Phi) is 4.26. The van der Waals surface area contributed by atoms with Gasteiger partial charge in [0.15, 0.2) is 10.7 Å². The molecule has 8 heteroatoms. The van der Waals surface area contributed by atoms with Crippen molar-refractivity contribution >= 4 is 55.3 Å². The van der Waals surface area contributed by atoms with E-state index < -0.39 is 5.76 Å². The molecule has 0 aliphatic heterocycles. The van der Waals surface area contributed by atoms with Gasteiger partial charge in [-0.05, 0) is 42.8 Å². The maximum absolute atomic E-state index is 12.2. The molecule has 4 rings (SSSR count). The van der Waals surface area contributed by atoms with E-state index in [0.717, 1.165) is 15.8 Å². The lowest BCUT2D eigenvalue weighted by atomic mass is 10.2. The van der Waals surface area contributed by atoms with Crippen molar-refractivity contribution in [2.75, 3.05) is 5.32 Å². The standard InChI is InChI=1S/C18H14ClN3O3S/c1-10-2-4-12-15(8-10)26-17(20-12)21-16(23)6-7-22-13-9-11(19)3-5-14(13)25-18(22)24/h2-5,8-9H,6-7H2,1H3,(H,20,21,23). The van der Waals surface area contributed by atoms with E-state index in [1.54, 1.807) is 18.2 Å². The number of aryl methyl sites for hydroxylation is 2. The number of anilines is 1. The van der Waals surface area contributed by atoms with Crippen molar-refractivity contribution in [1.82, 2.24) is 9.55 Å². The summed E-state index contributed by atoms with van der Waals surface area (Å²) in [6.07, 6.45) is 0.121. The molecule has 0 aliphatic rings. The van der Waals surface area contributed by atoms with Gasteiger partial charge in [0.05, 0.1) is 15.7 Å². The summed E-state index contributed by atoms with van der Waals surface area (Å²) >= 11 is 7.40. The zero-order valence-corrected chi connectivity index (χ0v) is 15.4. The predicted octanol–water partition coefficient (Wildman–Crippen LogP) is 4.19.